The molecule has 4 rings (SSSR count). The first-order valence-electron chi connectivity index (χ1n) is 11.3. The Morgan fingerprint density at radius 2 is 2.03 bits per heavy atom. The minimum atomic E-state index is -3.00. The van der Waals surface area contributed by atoms with Gasteiger partial charge in [0.15, 0.2) is 0 Å². The predicted octanol–water partition coefficient (Wildman–Crippen LogP) is 3.22. The van der Waals surface area contributed by atoms with Crippen molar-refractivity contribution in [3.63, 3.8) is 0 Å². The lowest BCUT2D eigenvalue weighted by atomic mass is 9.97. The van der Waals surface area contributed by atoms with Gasteiger partial charge in [-0.25, -0.2) is 13.2 Å². The average Bonchev–Trinajstić information content (AvgIpc) is 2.82. The molecule has 2 aliphatic heterocycles. The summed E-state index contributed by atoms with van der Waals surface area (Å²) in [6, 6.07) is 3.92. The van der Waals surface area contributed by atoms with Crippen molar-refractivity contribution < 1.29 is 18.0 Å². The van der Waals surface area contributed by atoms with Crippen molar-refractivity contribution in [2.45, 2.75) is 25.8 Å². The molecule has 1 amide bonds. The van der Waals surface area contributed by atoms with Crippen molar-refractivity contribution in [2.75, 3.05) is 50.0 Å². The highest BCUT2D eigenvalue weighted by molar-refractivity contribution is 6.07. The molecule has 7 nitrogen and oxygen atoms in total. The number of benzene rings is 1. The van der Waals surface area contributed by atoms with Gasteiger partial charge >= 0.3 is 0 Å². The smallest absolute Gasteiger partial charge is 0.264 e. The zero-order valence-electron chi connectivity index (χ0n) is 19.1. The SMILES string of the molecule is CC1CN(c2cc(F)c(C3=CCNCC3)cc2NC(=O)c2c[nH]c(=O)cc2C(F)F)CCN1C. The molecule has 1 aromatic carbocycles. The summed E-state index contributed by atoms with van der Waals surface area (Å²) in [5, 5.41) is 5.90. The molecule has 34 heavy (non-hydrogen) atoms. The summed E-state index contributed by atoms with van der Waals surface area (Å²) >= 11 is 0. The van der Waals surface area contributed by atoms with Gasteiger partial charge in [-0.05, 0) is 44.6 Å². The Morgan fingerprint density at radius 1 is 1.24 bits per heavy atom. The zero-order valence-corrected chi connectivity index (χ0v) is 19.1. The number of halogens is 3. The second-order valence-corrected chi connectivity index (χ2v) is 8.73. The van der Waals surface area contributed by atoms with Gasteiger partial charge in [-0.3, -0.25) is 9.59 Å². The Labute approximate surface area is 195 Å². The van der Waals surface area contributed by atoms with Gasteiger partial charge in [0.1, 0.15) is 5.82 Å². The molecule has 0 spiro atoms. The first-order chi connectivity index (χ1) is 16.2. The Balaban J connectivity index is 1.75. The summed E-state index contributed by atoms with van der Waals surface area (Å²) in [6.45, 7) is 5.37. The standard InChI is InChI=1S/C24H28F3N5O2/c1-14-13-32(8-7-31(14)2)21-11-19(25)16(15-3-5-28-6-4-15)9-20(21)30-24(34)18-12-29-22(33)10-17(18)23(26)27/h3,9-12,14,23,28H,4-8,13H2,1-2H3,(H,29,33)(H,30,34). The lowest BCUT2D eigenvalue weighted by Gasteiger charge is -2.39. The maximum absolute atomic E-state index is 15.3. The van der Waals surface area contributed by atoms with Crippen LogP contribution in [-0.2, 0) is 0 Å². The number of hydrogen-bond donors (Lipinski definition) is 3. The number of amides is 1. The minimum Gasteiger partial charge on any atom is -0.367 e. The van der Waals surface area contributed by atoms with Crippen LogP contribution >= 0.6 is 0 Å². The number of nitrogens with zero attached hydrogens (tertiary/aromatic N) is 2. The summed E-state index contributed by atoms with van der Waals surface area (Å²) in [7, 11) is 2.01. The third-order valence-corrected chi connectivity index (χ3v) is 6.48. The van der Waals surface area contributed by atoms with E-state index in [9.17, 15) is 18.4 Å². The largest absolute Gasteiger partial charge is 0.367 e. The fourth-order valence-electron chi connectivity index (χ4n) is 4.36. The first-order valence-corrected chi connectivity index (χ1v) is 11.3. The topological polar surface area (TPSA) is 80.5 Å². The van der Waals surface area contributed by atoms with Crippen LogP contribution in [0.25, 0.3) is 5.57 Å². The molecule has 3 heterocycles. The van der Waals surface area contributed by atoms with Gasteiger partial charge in [0, 0.05) is 55.6 Å². The number of aromatic amines is 1. The number of carbonyl (C=O) groups is 1. The summed E-state index contributed by atoms with van der Waals surface area (Å²) in [5.74, 6) is -1.20. The van der Waals surface area contributed by atoms with E-state index >= 15 is 4.39 Å². The Kier molecular flexibility index (Phi) is 7.08. The molecule has 1 aromatic heterocycles. The molecular weight excluding hydrogens is 447 g/mol. The number of rotatable bonds is 5. The van der Waals surface area contributed by atoms with Crippen molar-refractivity contribution in [2.24, 2.45) is 0 Å². The molecule has 0 radical (unpaired) electrons. The van der Waals surface area contributed by atoms with E-state index in [1.54, 1.807) is 6.07 Å². The van der Waals surface area contributed by atoms with Gasteiger partial charge in [-0.1, -0.05) is 6.08 Å². The second kappa shape index (κ2) is 10.0. The number of aromatic nitrogens is 1. The number of pyridine rings is 1. The van der Waals surface area contributed by atoms with Crippen molar-refractivity contribution in [3.8, 4) is 0 Å². The molecule has 2 aliphatic rings. The van der Waals surface area contributed by atoms with Crippen molar-refractivity contribution >= 4 is 22.9 Å². The molecule has 0 bridgehead atoms. The normalized spacial score (nSPS) is 19.3. The number of alkyl halides is 2. The Morgan fingerprint density at radius 3 is 2.71 bits per heavy atom. The molecule has 182 valence electrons. The molecule has 3 N–H and O–H groups in total. The van der Waals surface area contributed by atoms with Gasteiger partial charge in [0.25, 0.3) is 12.3 Å². The number of H-pyrrole nitrogens is 1. The molecule has 1 unspecified atom stereocenters. The van der Waals surface area contributed by atoms with Crippen LogP contribution in [0.2, 0.25) is 0 Å². The predicted molar refractivity (Wildman–Crippen MR) is 126 cm³/mol. The molecular formula is C24H28F3N5O2. The lowest BCUT2D eigenvalue weighted by molar-refractivity contribution is 0.101. The Hall–Kier alpha value is -3.11. The second-order valence-electron chi connectivity index (χ2n) is 8.73. The number of hydrogen-bond acceptors (Lipinski definition) is 5. The van der Waals surface area contributed by atoms with E-state index in [-0.39, 0.29) is 11.6 Å². The average molecular weight is 476 g/mol. The van der Waals surface area contributed by atoms with E-state index in [2.05, 4.69) is 27.4 Å². The van der Waals surface area contributed by atoms with Crippen LogP contribution in [-0.4, -0.2) is 61.6 Å². The number of likely N-dealkylation sites (N-methyl/N-ethyl adjacent to an activating group) is 1. The highest BCUT2D eigenvalue weighted by atomic mass is 19.3. The fraction of sp³-hybridized carbons (Fsp3) is 0.417. The van der Waals surface area contributed by atoms with Gasteiger partial charge in [0.2, 0.25) is 5.56 Å². The molecule has 1 saturated heterocycles. The van der Waals surface area contributed by atoms with Gasteiger partial charge in [0.05, 0.1) is 16.9 Å². The molecule has 1 fully saturated rings. The van der Waals surface area contributed by atoms with E-state index in [1.807, 2.05) is 18.0 Å². The highest BCUT2D eigenvalue weighted by Gasteiger charge is 2.26. The van der Waals surface area contributed by atoms with Crippen LogP contribution in [0.1, 0.15) is 41.3 Å². The minimum absolute atomic E-state index is 0.205. The van der Waals surface area contributed by atoms with Crippen molar-refractivity contribution in [1.82, 2.24) is 15.2 Å². The lowest BCUT2D eigenvalue weighted by Crippen LogP contribution is -2.50. The fourth-order valence-corrected chi connectivity index (χ4v) is 4.36. The summed E-state index contributed by atoms with van der Waals surface area (Å²) in [6.07, 6.45) is 0.521. The number of anilines is 2. The number of piperazine rings is 1. The third kappa shape index (κ3) is 5.02. The maximum Gasteiger partial charge on any atom is 0.264 e. The number of nitrogens with one attached hydrogen (secondary N) is 3. The molecule has 1 atom stereocenters. The number of carbonyl (C=O) groups excluding carboxylic acids is 1. The van der Waals surface area contributed by atoms with Crippen LogP contribution in [0.5, 0.6) is 0 Å². The Bertz CT molecular complexity index is 1160. The summed E-state index contributed by atoms with van der Waals surface area (Å²) < 4.78 is 42.3. The van der Waals surface area contributed by atoms with Crippen molar-refractivity contribution in [3.05, 3.63) is 63.3 Å². The first kappa shape index (κ1) is 24.0. The van der Waals surface area contributed by atoms with Crippen LogP contribution in [0, 0.1) is 5.82 Å². The van der Waals surface area contributed by atoms with E-state index in [0.717, 1.165) is 24.4 Å². The summed E-state index contributed by atoms with van der Waals surface area (Å²) in [5.41, 5.74) is 0.316. The summed E-state index contributed by atoms with van der Waals surface area (Å²) in [4.78, 5) is 31.0. The van der Waals surface area contributed by atoms with E-state index in [1.165, 1.54) is 6.07 Å². The van der Waals surface area contributed by atoms with Crippen LogP contribution in [0.3, 0.4) is 0 Å². The van der Waals surface area contributed by atoms with E-state index < -0.39 is 29.3 Å². The highest BCUT2D eigenvalue weighted by Crippen LogP contribution is 2.35. The van der Waals surface area contributed by atoms with E-state index in [0.29, 0.717) is 49.5 Å². The molecule has 0 aliphatic carbocycles. The molecule has 0 saturated carbocycles. The van der Waals surface area contributed by atoms with Gasteiger partial charge in [-0.15, -0.1) is 0 Å². The quantitative estimate of drug-likeness (QED) is 0.619. The van der Waals surface area contributed by atoms with Gasteiger partial charge in [-0.2, -0.15) is 0 Å². The van der Waals surface area contributed by atoms with Crippen LogP contribution in [0.15, 0.2) is 35.3 Å². The zero-order chi connectivity index (χ0) is 24.4. The van der Waals surface area contributed by atoms with Crippen molar-refractivity contribution in [1.29, 1.82) is 0 Å². The van der Waals surface area contributed by atoms with E-state index in [4.69, 9.17) is 0 Å². The molecule has 10 heteroatoms. The van der Waals surface area contributed by atoms with Crippen LogP contribution < -0.4 is 21.1 Å². The third-order valence-electron chi connectivity index (χ3n) is 6.48. The molecule has 2 aromatic rings. The van der Waals surface area contributed by atoms with Gasteiger partial charge < -0.3 is 25.4 Å². The monoisotopic (exact) mass is 475 g/mol. The maximum atomic E-state index is 15.3. The van der Waals surface area contributed by atoms with Crippen LogP contribution in [0.4, 0.5) is 24.5 Å².